The number of carbonyl (C=O) groups is 3. The number of aromatic carboxylic acids is 1. The van der Waals surface area contributed by atoms with Crippen LogP contribution < -0.4 is 35.2 Å². The molecule has 8 N–H and O–H groups in total. The van der Waals surface area contributed by atoms with E-state index in [2.05, 4.69) is 34.6 Å². The summed E-state index contributed by atoms with van der Waals surface area (Å²) in [5.74, 6) is -5.83. The Bertz CT molecular complexity index is 2610. The molecule has 0 aliphatic heterocycles. The first kappa shape index (κ1) is 53.4. The summed E-state index contributed by atoms with van der Waals surface area (Å²) >= 11 is 11.8. The molecular formula is C28H28Cl2F6N9O15PS2. The van der Waals surface area contributed by atoms with Gasteiger partial charge >= 0.3 is 51.0 Å². The molecule has 0 bridgehead atoms. The van der Waals surface area contributed by atoms with Gasteiger partial charge < -0.3 is 29.5 Å². The van der Waals surface area contributed by atoms with Crippen molar-refractivity contribution < 1.29 is 91.6 Å². The molecule has 0 saturated carbocycles. The molecule has 0 spiro atoms. The van der Waals surface area contributed by atoms with E-state index in [4.69, 9.17) is 43.2 Å². The van der Waals surface area contributed by atoms with E-state index in [1.54, 1.807) is 5.32 Å². The van der Waals surface area contributed by atoms with Gasteiger partial charge in [-0.1, -0.05) is 35.3 Å². The first-order chi connectivity index (χ1) is 28.9. The number of carboxylic acids is 2. The quantitative estimate of drug-likeness (QED) is 0.0590. The highest BCUT2D eigenvalue weighted by Crippen LogP contribution is 2.32. The van der Waals surface area contributed by atoms with E-state index in [-0.39, 0.29) is 31.8 Å². The van der Waals surface area contributed by atoms with Crippen molar-refractivity contribution in [1.29, 1.82) is 0 Å². The van der Waals surface area contributed by atoms with E-state index in [1.165, 1.54) is 29.8 Å². The minimum atomic E-state index is -4.71. The normalized spacial score (nSPS) is 11.5. The summed E-state index contributed by atoms with van der Waals surface area (Å²) in [6, 6.07) is 5.54. The second kappa shape index (κ2) is 22.5. The molecule has 0 saturated heterocycles. The molecule has 2 amide bonds. The Labute approximate surface area is 358 Å². The van der Waals surface area contributed by atoms with Crippen molar-refractivity contribution in [2.45, 2.75) is 31.6 Å². The van der Waals surface area contributed by atoms with E-state index < -0.39 is 112 Å². The fourth-order valence-electron chi connectivity index (χ4n) is 4.09. The maximum absolute atomic E-state index is 12.8. The zero-order valence-electron chi connectivity index (χ0n) is 31.0. The van der Waals surface area contributed by atoms with Gasteiger partial charge in [-0.3, -0.25) is 24.7 Å². The lowest BCUT2D eigenvalue weighted by molar-refractivity contribution is -0.135. The average Bonchev–Trinajstić information content (AvgIpc) is 3.40. The number of anilines is 2. The smallest absolute Gasteiger partial charge is 0.388 e. The summed E-state index contributed by atoms with van der Waals surface area (Å²) in [6.07, 6.45) is 0.304. The summed E-state index contributed by atoms with van der Waals surface area (Å²) in [6.45, 7) is -9.10. The number of nitrogens with one attached hydrogen (secondary N) is 4. The highest BCUT2D eigenvalue weighted by atomic mass is 35.5. The number of amides is 2. The highest BCUT2D eigenvalue weighted by molar-refractivity contribution is 7.92. The molecule has 2 aromatic carbocycles. The van der Waals surface area contributed by atoms with Gasteiger partial charge in [0.15, 0.2) is 0 Å². The van der Waals surface area contributed by atoms with E-state index in [9.17, 15) is 66.9 Å². The second-order valence-electron chi connectivity index (χ2n) is 11.2. The number of carboxylic acid groups (broad SMARTS) is 2. The molecule has 4 aromatic rings. The van der Waals surface area contributed by atoms with Gasteiger partial charge in [-0.2, -0.15) is 41.0 Å². The largest absolute Gasteiger partial charge is 0.480 e. The molecule has 0 atom stereocenters. The molecule has 0 aliphatic rings. The summed E-state index contributed by atoms with van der Waals surface area (Å²) in [7, 11) is -12.5. The number of hydrogen-bond acceptors (Lipinski definition) is 15. The number of aliphatic carboxylic acids is 1. The van der Waals surface area contributed by atoms with Gasteiger partial charge in [-0.05, 0) is 31.2 Å². The number of carbonyl (C=O) groups excluding carboxylic acids is 1. The summed E-state index contributed by atoms with van der Waals surface area (Å²) in [5, 5.41) is 24.4. The fourth-order valence-corrected chi connectivity index (χ4v) is 6.73. The number of sulfonamides is 2. The number of benzene rings is 2. The first-order valence-corrected chi connectivity index (χ1v) is 21.7. The van der Waals surface area contributed by atoms with E-state index in [0.29, 0.717) is 10.7 Å². The molecule has 4 rings (SSSR count). The van der Waals surface area contributed by atoms with Gasteiger partial charge in [0, 0.05) is 0 Å². The molecule has 24 nitrogen and oxygen atoms in total. The first-order valence-electron chi connectivity index (χ1n) is 15.8. The standard InChI is InChI=1S/C14H10F4N4O7S.C11H10Cl2F2N4O3S.C3H8NO5P/c15-11(16)28-8-5-9(29-12(17)18)20-13(19-8)21-14(25)22-30(26,27)7-4-2-1-3-6(7)10(23)24;1-5-16-19(11(20)18(5)10(14)15)9-4-8(17-23(2,21)22)6(12)3-7(9)13;5-3(6)1-4-2-10(7,8)9/h1-5,11-12H,(H,23,24)(H2,19,20,21,22,25);3-4,10,17H,1-2H3;4H,1-2H2,(H,5,6)(H2,7,8,9). The molecule has 0 unspecified atom stereocenters. The lowest BCUT2D eigenvalue weighted by Crippen LogP contribution is -2.35. The summed E-state index contributed by atoms with van der Waals surface area (Å²) in [5.41, 5.74) is -1.92. The minimum absolute atomic E-state index is 0.0257. The Morgan fingerprint density at radius 3 is 1.92 bits per heavy atom. The number of nitrogens with zero attached hydrogens (tertiary/aromatic N) is 5. The van der Waals surface area contributed by atoms with Gasteiger partial charge in [0.1, 0.15) is 10.7 Å². The van der Waals surface area contributed by atoms with Crippen LogP contribution in [0.4, 0.5) is 42.8 Å². The van der Waals surface area contributed by atoms with Crippen molar-refractivity contribution in [3.8, 4) is 17.4 Å². The van der Waals surface area contributed by atoms with Crippen LogP contribution in [-0.2, 0) is 29.4 Å². The van der Waals surface area contributed by atoms with Crippen LogP contribution in [0.1, 0.15) is 22.7 Å². The predicted octanol–water partition coefficient (Wildman–Crippen LogP) is 3.10. The maximum atomic E-state index is 12.8. The third-order valence-corrected chi connectivity index (χ3v) is 9.52. The molecule has 0 radical (unpaired) electrons. The SMILES string of the molecule is Cc1nn(-c2cc(NS(C)(=O)=O)c(Cl)cc2Cl)c(=O)n1C(F)F.O=C(Nc1nc(OC(F)F)cc(OC(F)F)n1)NS(=O)(=O)c1ccccc1C(=O)O.O=C(O)CNCP(=O)(O)O. The minimum Gasteiger partial charge on any atom is -0.480 e. The zero-order chi connectivity index (χ0) is 48.2. The Balaban J connectivity index is 0.000000365. The molecule has 348 valence electrons. The van der Waals surface area contributed by atoms with Crippen molar-refractivity contribution in [3.63, 3.8) is 0 Å². The number of urea groups is 1. The van der Waals surface area contributed by atoms with E-state index in [1.807, 2.05) is 0 Å². The third kappa shape index (κ3) is 17.9. The number of alkyl halides is 6. The van der Waals surface area contributed by atoms with Gasteiger partial charge in [0.25, 0.3) is 10.0 Å². The number of aryl methyl sites for hydroxylation is 1. The lowest BCUT2D eigenvalue weighted by atomic mass is 10.2. The van der Waals surface area contributed by atoms with Gasteiger partial charge in [-0.15, -0.1) is 5.10 Å². The second-order valence-corrected chi connectivity index (χ2v) is 17.0. The number of halogens is 8. The van der Waals surface area contributed by atoms with Crippen molar-refractivity contribution in [2.24, 2.45) is 0 Å². The molecule has 35 heteroatoms. The molecule has 0 aliphatic carbocycles. The molecule has 0 fully saturated rings. The van der Waals surface area contributed by atoms with Gasteiger partial charge in [0.05, 0.1) is 52.1 Å². The van der Waals surface area contributed by atoms with Crippen LogP contribution in [0.25, 0.3) is 5.69 Å². The van der Waals surface area contributed by atoms with Crippen LogP contribution in [0, 0.1) is 6.92 Å². The number of rotatable bonds is 16. The van der Waals surface area contributed by atoms with Gasteiger partial charge in [0.2, 0.25) is 27.7 Å². The van der Waals surface area contributed by atoms with E-state index >= 15 is 0 Å². The van der Waals surface area contributed by atoms with Crippen molar-refractivity contribution in [2.75, 3.05) is 29.1 Å². The summed E-state index contributed by atoms with van der Waals surface area (Å²) < 4.78 is 144. The predicted molar refractivity (Wildman–Crippen MR) is 203 cm³/mol. The lowest BCUT2D eigenvalue weighted by Gasteiger charge is -2.11. The molecule has 63 heavy (non-hydrogen) atoms. The zero-order valence-corrected chi connectivity index (χ0v) is 35.0. The van der Waals surface area contributed by atoms with Crippen LogP contribution in [0.15, 0.2) is 52.2 Å². The topological polar surface area (TPSA) is 350 Å². The van der Waals surface area contributed by atoms with Crippen molar-refractivity contribution >= 4 is 80.4 Å². The summed E-state index contributed by atoms with van der Waals surface area (Å²) in [4.78, 5) is 67.0. The molecule has 2 heterocycles. The maximum Gasteiger partial charge on any atom is 0.388 e. The van der Waals surface area contributed by atoms with Crippen LogP contribution in [0.3, 0.4) is 0 Å². The van der Waals surface area contributed by atoms with Crippen LogP contribution in [0.2, 0.25) is 10.0 Å². The van der Waals surface area contributed by atoms with E-state index in [0.717, 1.165) is 24.5 Å². The Morgan fingerprint density at radius 1 is 0.905 bits per heavy atom. The van der Waals surface area contributed by atoms with Crippen LogP contribution in [-0.4, -0.2) is 111 Å². The fraction of sp³-hybridized carbons (Fsp3) is 0.250. The number of aromatic nitrogens is 5. The van der Waals surface area contributed by atoms with Crippen LogP contribution >= 0.6 is 30.8 Å². The Hall–Kier alpha value is -5.76. The number of ether oxygens (including phenoxy) is 2. The van der Waals surface area contributed by atoms with Crippen molar-refractivity contribution in [1.82, 2.24) is 34.4 Å². The van der Waals surface area contributed by atoms with Crippen molar-refractivity contribution in [3.05, 3.63) is 74.4 Å². The third-order valence-electron chi connectivity index (χ3n) is 6.29. The Morgan fingerprint density at radius 2 is 1.46 bits per heavy atom. The molecular weight excluding hydrogens is 982 g/mol. The highest BCUT2D eigenvalue weighted by Gasteiger charge is 2.25. The Kier molecular flexibility index (Phi) is 19.1. The van der Waals surface area contributed by atoms with Crippen LogP contribution in [0.5, 0.6) is 11.8 Å². The monoisotopic (exact) mass is 1010 g/mol. The number of hydrogen-bond donors (Lipinski definition) is 8. The van der Waals surface area contributed by atoms with Gasteiger partial charge in [-0.25, -0.2) is 40.5 Å². The average molecular weight is 1010 g/mol. The molecule has 2 aromatic heterocycles.